The van der Waals surface area contributed by atoms with Crippen molar-refractivity contribution >= 4 is 17.4 Å². The molecule has 1 aromatic heterocycles. The Kier molecular flexibility index (Phi) is 5.63. The van der Waals surface area contributed by atoms with Crippen LogP contribution in [0.1, 0.15) is 25.2 Å². The van der Waals surface area contributed by atoms with Crippen LogP contribution in [0, 0.1) is 5.82 Å². The summed E-state index contributed by atoms with van der Waals surface area (Å²) in [4.78, 5) is 17.4. The van der Waals surface area contributed by atoms with E-state index in [1.165, 1.54) is 38.1 Å². The van der Waals surface area contributed by atoms with E-state index in [4.69, 9.17) is 0 Å². The molecular formula is C23H21F5N4O. The van der Waals surface area contributed by atoms with Crippen molar-refractivity contribution in [3.05, 3.63) is 65.7 Å². The summed E-state index contributed by atoms with van der Waals surface area (Å²) in [5, 5.41) is 3.19. The number of halogens is 5. The van der Waals surface area contributed by atoms with E-state index in [-0.39, 0.29) is 18.9 Å². The molecule has 0 bridgehead atoms. The Labute approximate surface area is 186 Å². The molecule has 0 unspecified atom stereocenters. The monoisotopic (exact) mass is 464 g/mol. The predicted octanol–water partition coefficient (Wildman–Crippen LogP) is 5.54. The zero-order chi connectivity index (χ0) is 24.0. The number of alkyl halides is 4. The van der Waals surface area contributed by atoms with Crippen LogP contribution >= 0.6 is 0 Å². The molecule has 33 heavy (non-hydrogen) atoms. The van der Waals surface area contributed by atoms with Crippen LogP contribution in [0.15, 0.2) is 48.5 Å². The molecule has 5 nitrogen and oxygen atoms in total. The van der Waals surface area contributed by atoms with Crippen molar-refractivity contribution < 1.29 is 26.7 Å². The minimum Gasteiger partial charge on any atom is -0.340 e. The number of amides is 1. The number of benzene rings is 2. The van der Waals surface area contributed by atoms with E-state index in [0.29, 0.717) is 28.3 Å². The molecule has 0 aliphatic carbocycles. The fraction of sp³-hybridized carbons (Fsp3) is 0.304. The van der Waals surface area contributed by atoms with Gasteiger partial charge in [0.25, 0.3) is 0 Å². The Bertz CT molecular complexity index is 1180. The largest absolute Gasteiger partial charge is 0.471 e. The van der Waals surface area contributed by atoms with Crippen molar-refractivity contribution in [3.8, 4) is 11.3 Å². The molecule has 0 saturated carbocycles. The van der Waals surface area contributed by atoms with E-state index in [9.17, 15) is 26.7 Å². The lowest BCUT2D eigenvalue weighted by Crippen LogP contribution is -2.55. The highest BCUT2D eigenvalue weighted by atomic mass is 19.4. The van der Waals surface area contributed by atoms with E-state index in [0.717, 1.165) is 4.90 Å². The third-order valence-electron chi connectivity index (χ3n) is 5.69. The molecule has 3 aromatic rings. The number of hydrogen-bond donors (Lipinski definition) is 1. The minimum absolute atomic E-state index is 0.0555. The highest BCUT2D eigenvalue weighted by molar-refractivity contribution is 5.83. The number of nitrogens with zero attached hydrogens (tertiary/aromatic N) is 3. The van der Waals surface area contributed by atoms with Crippen LogP contribution in [-0.4, -0.2) is 33.1 Å². The SMILES string of the molecule is CC1(C)c2nc(-c3ccc(F)cc3)c(Nc3cccc(CF)c3)n2CCN1C(=O)C(F)(F)F. The van der Waals surface area contributed by atoms with Gasteiger partial charge in [0.05, 0.1) is 5.54 Å². The van der Waals surface area contributed by atoms with E-state index in [2.05, 4.69) is 10.3 Å². The number of carbonyl (C=O) groups excluding carboxylic acids is 1. The number of rotatable bonds is 4. The first-order valence-electron chi connectivity index (χ1n) is 10.2. The first-order valence-corrected chi connectivity index (χ1v) is 10.2. The van der Waals surface area contributed by atoms with Gasteiger partial charge in [-0.05, 0) is 55.8 Å². The van der Waals surface area contributed by atoms with Crippen LogP contribution < -0.4 is 5.32 Å². The van der Waals surface area contributed by atoms with Crippen molar-refractivity contribution in [2.24, 2.45) is 0 Å². The molecule has 174 valence electrons. The Morgan fingerprint density at radius 2 is 1.82 bits per heavy atom. The number of aromatic nitrogens is 2. The Morgan fingerprint density at radius 3 is 2.45 bits per heavy atom. The maximum absolute atomic E-state index is 13.5. The average Bonchev–Trinajstić information content (AvgIpc) is 3.13. The van der Waals surface area contributed by atoms with Crippen molar-refractivity contribution in [2.75, 3.05) is 11.9 Å². The van der Waals surface area contributed by atoms with Gasteiger partial charge >= 0.3 is 12.1 Å². The first kappa shape index (κ1) is 22.8. The second-order valence-corrected chi connectivity index (χ2v) is 8.26. The molecule has 4 rings (SSSR count). The fourth-order valence-corrected chi connectivity index (χ4v) is 4.05. The summed E-state index contributed by atoms with van der Waals surface area (Å²) < 4.78 is 68.0. The summed E-state index contributed by atoms with van der Waals surface area (Å²) in [5.74, 6) is -1.68. The molecule has 1 aliphatic heterocycles. The molecule has 0 radical (unpaired) electrons. The van der Waals surface area contributed by atoms with Gasteiger partial charge in [-0.2, -0.15) is 13.2 Å². The Hall–Kier alpha value is -3.43. The van der Waals surface area contributed by atoms with E-state index in [1.807, 2.05) is 0 Å². The molecule has 2 aromatic carbocycles. The van der Waals surface area contributed by atoms with Crippen molar-refractivity contribution in [2.45, 2.75) is 38.8 Å². The van der Waals surface area contributed by atoms with Gasteiger partial charge in [-0.25, -0.2) is 13.8 Å². The molecule has 0 saturated heterocycles. The van der Waals surface area contributed by atoms with Crippen molar-refractivity contribution in [1.82, 2.24) is 14.5 Å². The summed E-state index contributed by atoms with van der Waals surface area (Å²) in [5.41, 5.74) is 0.546. The molecule has 2 heterocycles. The number of fused-ring (bicyclic) bond motifs is 1. The summed E-state index contributed by atoms with van der Waals surface area (Å²) in [6.07, 6.45) is -5.01. The van der Waals surface area contributed by atoms with E-state index < -0.39 is 30.1 Å². The molecular weight excluding hydrogens is 443 g/mol. The smallest absolute Gasteiger partial charge is 0.340 e. The van der Waals surface area contributed by atoms with Crippen LogP contribution in [0.3, 0.4) is 0 Å². The topological polar surface area (TPSA) is 50.2 Å². The zero-order valence-electron chi connectivity index (χ0n) is 17.9. The molecule has 1 amide bonds. The number of hydrogen-bond acceptors (Lipinski definition) is 3. The number of imidazole rings is 1. The molecule has 10 heteroatoms. The Balaban J connectivity index is 1.85. The first-order chi connectivity index (χ1) is 15.5. The van der Waals surface area contributed by atoms with Gasteiger partial charge in [0, 0.05) is 24.3 Å². The minimum atomic E-state index is -5.01. The molecule has 0 fully saturated rings. The average molecular weight is 464 g/mol. The van der Waals surface area contributed by atoms with Gasteiger partial charge in [0.2, 0.25) is 0 Å². The standard InChI is InChI=1S/C23H21F5N4O/c1-22(2)20-30-18(15-6-8-16(25)9-7-15)19(29-17-5-3-4-14(12-17)13-24)31(20)10-11-32(22)21(33)23(26,27)28/h3-9,12,29H,10-11,13H2,1-2H3. The number of carbonyl (C=O) groups is 1. The summed E-state index contributed by atoms with van der Waals surface area (Å²) in [6, 6.07) is 12.2. The highest BCUT2D eigenvalue weighted by Crippen LogP contribution is 2.41. The second-order valence-electron chi connectivity index (χ2n) is 8.26. The molecule has 1 aliphatic rings. The van der Waals surface area contributed by atoms with E-state index in [1.54, 1.807) is 28.8 Å². The van der Waals surface area contributed by atoms with Crippen LogP contribution in [0.25, 0.3) is 11.3 Å². The lowest BCUT2D eigenvalue weighted by Gasteiger charge is -2.42. The third kappa shape index (κ3) is 4.17. The summed E-state index contributed by atoms with van der Waals surface area (Å²) >= 11 is 0. The predicted molar refractivity (Wildman–Crippen MR) is 113 cm³/mol. The molecule has 0 spiro atoms. The Morgan fingerprint density at radius 1 is 1.12 bits per heavy atom. The molecule has 1 N–H and O–H groups in total. The van der Waals surface area contributed by atoms with Crippen LogP contribution in [0.5, 0.6) is 0 Å². The lowest BCUT2D eigenvalue weighted by molar-refractivity contribution is -0.192. The van der Waals surface area contributed by atoms with Gasteiger partial charge in [0.15, 0.2) is 0 Å². The van der Waals surface area contributed by atoms with Gasteiger partial charge in [-0.3, -0.25) is 4.79 Å². The van der Waals surface area contributed by atoms with Crippen molar-refractivity contribution in [1.29, 1.82) is 0 Å². The van der Waals surface area contributed by atoms with Gasteiger partial charge < -0.3 is 14.8 Å². The third-order valence-corrected chi connectivity index (χ3v) is 5.69. The van der Waals surface area contributed by atoms with Gasteiger partial charge in [0.1, 0.15) is 29.8 Å². The fourth-order valence-electron chi connectivity index (χ4n) is 4.05. The second kappa shape index (κ2) is 8.17. The van der Waals surface area contributed by atoms with Crippen LogP contribution in [-0.2, 0) is 23.6 Å². The van der Waals surface area contributed by atoms with E-state index >= 15 is 0 Å². The van der Waals surface area contributed by atoms with Crippen LogP contribution in [0.2, 0.25) is 0 Å². The molecule has 0 atom stereocenters. The highest BCUT2D eigenvalue weighted by Gasteiger charge is 2.50. The summed E-state index contributed by atoms with van der Waals surface area (Å²) in [7, 11) is 0. The number of nitrogens with one attached hydrogen (secondary N) is 1. The number of anilines is 2. The maximum atomic E-state index is 13.5. The lowest BCUT2D eigenvalue weighted by atomic mass is 9.99. The normalized spacial score (nSPS) is 15.3. The quantitative estimate of drug-likeness (QED) is 0.516. The summed E-state index contributed by atoms with van der Waals surface area (Å²) in [6.45, 7) is 2.20. The van der Waals surface area contributed by atoms with Crippen molar-refractivity contribution in [3.63, 3.8) is 0 Å². The van der Waals surface area contributed by atoms with Gasteiger partial charge in [-0.15, -0.1) is 0 Å². The maximum Gasteiger partial charge on any atom is 0.471 e. The van der Waals surface area contributed by atoms with Crippen LogP contribution in [0.4, 0.5) is 33.5 Å². The van der Waals surface area contributed by atoms with Gasteiger partial charge in [-0.1, -0.05) is 12.1 Å². The zero-order valence-corrected chi connectivity index (χ0v) is 17.9.